The third-order valence-corrected chi connectivity index (χ3v) is 8.66. The normalized spacial score (nSPS) is 13.4. The molecular weight excluding hydrogens is 386 g/mol. The molecule has 0 spiro atoms. The summed E-state index contributed by atoms with van der Waals surface area (Å²) in [5, 5.41) is 3.01. The van der Waals surface area contributed by atoms with Crippen molar-refractivity contribution in [1.82, 2.24) is 0 Å². The minimum Gasteiger partial charge on any atom is -0.0561 e. The lowest BCUT2D eigenvalue weighted by Crippen LogP contribution is -2.29. The Balaban J connectivity index is 2.82. The number of aryl methyl sites for hydroxylation is 3. The minimum absolute atomic E-state index is 0.122. The van der Waals surface area contributed by atoms with Gasteiger partial charge in [-0.15, -0.1) is 0 Å². The Kier molecular flexibility index (Phi) is 6.95. The van der Waals surface area contributed by atoms with E-state index >= 15 is 0 Å². The Morgan fingerprint density at radius 2 is 0.897 bits per heavy atom. The lowest BCUT2D eigenvalue weighted by Gasteiger charge is -2.32. The quantitative estimate of drug-likeness (QED) is 0.424. The molecule has 0 aliphatic carbocycles. The van der Waals surface area contributed by atoms with Crippen molar-refractivity contribution in [1.29, 1.82) is 0 Å². The summed E-state index contributed by atoms with van der Waals surface area (Å²) in [5.41, 5.74) is 9.04. The molecular formula is C27H40P2. The fourth-order valence-corrected chi connectivity index (χ4v) is 7.60. The van der Waals surface area contributed by atoms with Crippen LogP contribution in [0.1, 0.15) is 95.7 Å². The van der Waals surface area contributed by atoms with Crippen molar-refractivity contribution >= 4 is 26.3 Å². The van der Waals surface area contributed by atoms with Crippen LogP contribution in [0, 0.1) is 20.8 Å². The van der Waals surface area contributed by atoms with Gasteiger partial charge in [-0.1, -0.05) is 92.1 Å². The molecule has 0 fully saturated rings. The first-order valence-corrected chi connectivity index (χ1v) is 13.2. The van der Waals surface area contributed by atoms with Crippen LogP contribution in [-0.2, 0) is 16.2 Å². The van der Waals surface area contributed by atoms with Gasteiger partial charge in [-0.25, -0.2) is 0 Å². The largest absolute Gasteiger partial charge is 0.0561 e. The highest BCUT2D eigenvalue weighted by molar-refractivity contribution is 7.91. The van der Waals surface area contributed by atoms with Crippen molar-refractivity contribution in [2.24, 2.45) is 0 Å². The summed E-state index contributed by atoms with van der Waals surface area (Å²) in [6, 6.07) is 9.62. The predicted octanol–water partition coefficient (Wildman–Crippen LogP) is 8.26. The zero-order valence-corrected chi connectivity index (χ0v) is 22.5. The lowest BCUT2D eigenvalue weighted by molar-refractivity contribution is 0.554. The van der Waals surface area contributed by atoms with Crippen LogP contribution in [0.3, 0.4) is 0 Å². The van der Waals surface area contributed by atoms with Crippen LogP contribution in [0.25, 0.3) is 0 Å². The summed E-state index contributed by atoms with van der Waals surface area (Å²) >= 11 is 0. The van der Waals surface area contributed by atoms with Gasteiger partial charge in [-0.3, -0.25) is 0 Å². The maximum Gasteiger partial charge on any atom is 0.0138 e. The number of benzene rings is 2. The first-order chi connectivity index (χ1) is 13.0. The highest BCUT2D eigenvalue weighted by atomic mass is 31.7. The molecule has 0 saturated carbocycles. The van der Waals surface area contributed by atoms with E-state index in [-0.39, 0.29) is 16.2 Å². The van der Waals surface area contributed by atoms with E-state index in [1.54, 1.807) is 0 Å². The number of hydrogen-bond donors (Lipinski definition) is 0. The van der Waals surface area contributed by atoms with Crippen LogP contribution in [0.2, 0.25) is 0 Å². The molecule has 0 amide bonds. The smallest absolute Gasteiger partial charge is 0.0138 e. The van der Waals surface area contributed by atoms with E-state index in [1.165, 1.54) is 59.7 Å². The van der Waals surface area contributed by atoms with Crippen molar-refractivity contribution in [2.45, 2.75) is 99.3 Å². The fourth-order valence-electron chi connectivity index (χ4n) is 3.75. The van der Waals surface area contributed by atoms with Gasteiger partial charge in [0.05, 0.1) is 0 Å². The van der Waals surface area contributed by atoms with Crippen molar-refractivity contribution < 1.29 is 0 Å². The SMILES string of the molecule is Cc1cc(C)c(P=Pc2c(C(C)(C)C)cc(C(C)(C)C)cc2C(C)(C)C)c(C)c1. The average molecular weight is 427 g/mol. The second-order valence-corrected chi connectivity index (χ2v) is 14.1. The van der Waals surface area contributed by atoms with E-state index in [0.29, 0.717) is 0 Å². The third kappa shape index (κ3) is 5.81. The van der Waals surface area contributed by atoms with Gasteiger partial charge in [0, 0.05) is 10.6 Å². The molecule has 29 heavy (non-hydrogen) atoms. The van der Waals surface area contributed by atoms with Gasteiger partial charge < -0.3 is 0 Å². The van der Waals surface area contributed by atoms with Gasteiger partial charge in [-0.05, 0) is 80.6 Å². The molecule has 2 rings (SSSR count). The maximum atomic E-state index is 2.49. The second kappa shape index (κ2) is 8.29. The van der Waals surface area contributed by atoms with Crippen molar-refractivity contribution in [3.05, 3.63) is 57.6 Å². The maximum absolute atomic E-state index is 2.49. The van der Waals surface area contributed by atoms with Crippen LogP contribution >= 0.6 is 15.7 Å². The van der Waals surface area contributed by atoms with Crippen molar-refractivity contribution in [2.75, 3.05) is 0 Å². The van der Waals surface area contributed by atoms with Gasteiger partial charge >= 0.3 is 0 Å². The Morgan fingerprint density at radius 3 is 1.24 bits per heavy atom. The minimum atomic E-state index is 0.122. The summed E-state index contributed by atoms with van der Waals surface area (Å²) in [6.07, 6.45) is 0. The van der Waals surface area contributed by atoms with E-state index in [0.717, 1.165) is 0 Å². The molecule has 2 heteroatoms. The van der Waals surface area contributed by atoms with Crippen LogP contribution in [0.4, 0.5) is 0 Å². The first kappa shape index (κ1) is 24.3. The second-order valence-electron chi connectivity index (χ2n) is 11.6. The molecule has 0 atom stereocenters. The van der Waals surface area contributed by atoms with Gasteiger partial charge in [0.15, 0.2) is 0 Å². The van der Waals surface area contributed by atoms with E-state index in [9.17, 15) is 0 Å². The molecule has 2 aromatic rings. The molecule has 0 nitrogen and oxygen atoms in total. The zero-order valence-electron chi connectivity index (χ0n) is 20.7. The Hall–Kier alpha value is -0.960. The molecule has 0 radical (unpaired) electrons. The summed E-state index contributed by atoms with van der Waals surface area (Å²) < 4.78 is 0. The molecule has 0 aromatic heterocycles. The van der Waals surface area contributed by atoms with Crippen LogP contribution in [-0.4, -0.2) is 0 Å². The van der Waals surface area contributed by atoms with Crippen molar-refractivity contribution in [3.8, 4) is 0 Å². The highest BCUT2D eigenvalue weighted by Crippen LogP contribution is 2.37. The molecule has 0 N–H and O–H groups in total. The van der Waals surface area contributed by atoms with Gasteiger partial charge in [-0.2, -0.15) is 0 Å². The van der Waals surface area contributed by atoms with Crippen LogP contribution < -0.4 is 10.6 Å². The van der Waals surface area contributed by atoms with E-state index in [2.05, 4.69) is 107 Å². The predicted molar refractivity (Wildman–Crippen MR) is 136 cm³/mol. The summed E-state index contributed by atoms with van der Waals surface area (Å²) in [4.78, 5) is 0. The molecule has 0 aliphatic heterocycles. The fraction of sp³-hybridized carbons (Fsp3) is 0.556. The molecule has 0 saturated heterocycles. The Labute approximate surface area is 183 Å². The zero-order chi connectivity index (χ0) is 22.4. The first-order valence-electron chi connectivity index (χ1n) is 10.7. The Bertz CT molecular complexity index is 868. The monoisotopic (exact) mass is 426 g/mol. The Morgan fingerprint density at radius 1 is 0.517 bits per heavy atom. The molecule has 158 valence electrons. The standard InChI is InChI=1S/C27H40P2/c1-17-13-18(2)23(19(3)14-17)28-29-24-21(26(7,8)9)15-20(25(4,5)6)16-22(24)27(10,11)12/h13-16H,1-12H3. The molecule has 0 heterocycles. The highest BCUT2D eigenvalue weighted by Gasteiger charge is 2.28. The van der Waals surface area contributed by atoms with E-state index in [1.807, 2.05) is 0 Å². The van der Waals surface area contributed by atoms with Gasteiger partial charge in [0.1, 0.15) is 0 Å². The summed E-state index contributed by atoms with van der Waals surface area (Å²) in [5.74, 6) is 0. The third-order valence-electron chi connectivity index (χ3n) is 5.48. The molecule has 0 aliphatic rings. The lowest BCUT2D eigenvalue weighted by atomic mass is 9.75. The van der Waals surface area contributed by atoms with Crippen LogP contribution in [0.5, 0.6) is 0 Å². The molecule has 0 bridgehead atoms. The van der Waals surface area contributed by atoms with Gasteiger partial charge in [0.2, 0.25) is 0 Å². The molecule has 2 aromatic carbocycles. The van der Waals surface area contributed by atoms with E-state index < -0.39 is 0 Å². The topological polar surface area (TPSA) is 0 Å². The summed E-state index contributed by atoms with van der Waals surface area (Å²) in [7, 11) is 2.77. The van der Waals surface area contributed by atoms with Crippen molar-refractivity contribution in [3.63, 3.8) is 0 Å². The summed E-state index contributed by atoms with van der Waals surface area (Å²) in [6.45, 7) is 27.9. The number of rotatable bonds is 2. The number of hydrogen-bond acceptors (Lipinski definition) is 0. The van der Waals surface area contributed by atoms with Gasteiger partial charge in [0.25, 0.3) is 0 Å². The van der Waals surface area contributed by atoms with E-state index in [4.69, 9.17) is 0 Å². The molecule has 0 unspecified atom stereocenters. The van der Waals surface area contributed by atoms with Crippen LogP contribution in [0.15, 0.2) is 24.3 Å². The average Bonchev–Trinajstić information content (AvgIpc) is 2.50.